The molecule has 1 atom stereocenters. The van der Waals surface area contributed by atoms with Crippen molar-refractivity contribution in [1.29, 1.82) is 0 Å². The summed E-state index contributed by atoms with van der Waals surface area (Å²) in [4.78, 5) is 28.2. The maximum absolute atomic E-state index is 14.9. The van der Waals surface area contributed by atoms with Crippen LogP contribution in [0.4, 0.5) is 9.52 Å². The van der Waals surface area contributed by atoms with Crippen LogP contribution in [-0.4, -0.2) is 33.2 Å². The second-order valence-corrected chi connectivity index (χ2v) is 9.19. The van der Waals surface area contributed by atoms with Crippen molar-refractivity contribution >= 4 is 39.4 Å². The molecule has 4 heterocycles. The second kappa shape index (κ2) is 9.15. The Labute approximate surface area is 200 Å². The van der Waals surface area contributed by atoms with E-state index >= 15 is 0 Å². The zero-order chi connectivity index (χ0) is 23.7. The van der Waals surface area contributed by atoms with Crippen LogP contribution in [0.15, 0.2) is 78.8 Å². The van der Waals surface area contributed by atoms with E-state index < -0.39 is 5.82 Å². The molecule has 5 rings (SSSR count). The number of rotatable bonds is 6. The zero-order valence-corrected chi connectivity index (χ0v) is 19.3. The number of carbonyl (C=O) groups is 1. The molecule has 0 spiro atoms. The lowest BCUT2D eigenvalue weighted by Gasteiger charge is -2.26. The fourth-order valence-electron chi connectivity index (χ4n) is 3.93. The van der Waals surface area contributed by atoms with Gasteiger partial charge in [-0.15, -0.1) is 0 Å². The standard InChI is InChI=1S/C26H22FN5OS/c1-16(2)23-15-30-26(34-23)31-25(33)13-19-3-4-20(11-21(19)27)22-14-29-24-12-18(7-10-32(22)24)17-5-8-28-9-6-17/h3-12,15,22H,1,13-14H2,2H3,(H,30,31,33). The zero-order valence-electron chi connectivity index (χ0n) is 18.5. The predicted molar refractivity (Wildman–Crippen MR) is 134 cm³/mol. The quantitative estimate of drug-likeness (QED) is 0.533. The monoisotopic (exact) mass is 471 g/mol. The Morgan fingerprint density at radius 2 is 2.12 bits per heavy atom. The van der Waals surface area contributed by atoms with Crippen LogP contribution in [-0.2, 0) is 11.2 Å². The third kappa shape index (κ3) is 4.45. The minimum absolute atomic E-state index is 0.0673. The minimum Gasteiger partial charge on any atom is -0.324 e. The Morgan fingerprint density at radius 3 is 2.85 bits per heavy atom. The maximum Gasteiger partial charge on any atom is 0.230 e. The minimum atomic E-state index is -0.406. The Balaban J connectivity index is 1.26. The van der Waals surface area contributed by atoms with E-state index in [1.165, 1.54) is 17.4 Å². The van der Waals surface area contributed by atoms with Gasteiger partial charge in [-0.1, -0.05) is 30.0 Å². The number of fused-ring (bicyclic) bond motifs is 1. The van der Waals surface area contributed by atoms with Crippen LogP contribution in [0.2, 0.25) is 0 Å². The van der Waals surface area contributed by atoms with E-state index in [4.69, 9.17) is 0 Å². The normalized spacial score (nSPS) is 16.6. The van der Waals surface area contributed by atoms with Crippen LogP contribution in [0, 0.1) is 5.82 Å². The van der Waals surface area contributed by atoms with Gasteiger partial charge < -0.3 is 10.2 Å². The highest BCUT2D eigenvalue weighted by molar-refractivity contribution is 7.16. The number of pyridine rings is 1. The molecule has 0 bridgehead atoms. The number of thiazole rings is 1. The first-order chi connectivity index (χ1) is 16.5. The molecule has 3 aromatic rings. The van der Waals surface area contributed by atoms with Gasteiger partial charge in [0.25, 0.3) is 0 Å². The number of amidine groups is 1. The molecule has 8 heteroatoms. The largest absolute Gasteiger partial charge is 0.324 e. The topological polar surface area (TPSA) is 70.5 Å². The number of benzene rings is 1. The summed E-state index contributed by atoms with van der Waals surface area (Å²) in [6.45, 7) is 6.28. The van der Waals surface area contributed by atoms with Crippen molar-refractivity contribution in [2.24, 2.45) is 4.99 Å². The fraction of sp³-hybridized carbons (Fsp3) is 0.154. The van der Waals surface area contributed by atoms with Gasteiger partial charge in [-0.25, -0.2) is 9.37 Å². The third-order valence-electron chi connectivity index (χ3n) is 5.73. The van der Waals surface area contributed by atoms with E-state index in [9.17, 15) is 9.18 Å². The molecule has 1 N–H and O–H groups in total. The molecular weight excluding hydrogens is 449 g/mol. The highest BCUT2D eigenvalue weighted by Gasteiger charge is 2.29. The first kappa shape index (κ1) is 21.9. The van der Waals surface area contributed by atoms with Crippen molar-refractivity contribution < 1.29 is 9.18 Å². The maximum atomic E-state index is 14.9. The number of nitrogens with one attached hydrogen (secondary N) is 1. The molecule has 2 aromatic heterocycles. The molecular formula is C26H22FN5OS. The number of halogens is 1. The van der Waals surface area contributed by atoms with Gasteiger partial charge in [0.1, 0.15) is 11.7 Å². The SMILES string of the molecule is C=C(C)c1cnc(NC(=O)Cc2ccc(C3CN=C4C=C(c5ccncc5)C=CN43)cc2F)s1. The smallest absolute Gasteiger partial charge is 0.230 e. The average Bonchev–Trinajstić information content (AvgIpc) is 3.48. The summed E-state index contributed by atoms with van der Waals surface area (Å²) in [5, 5.41) is 3.21. The molecule has 0 radical (unpaired) electrons. The molecule has 6 nitrogen and oxygen atoms in total. The summed E-state index contributed by atoms with van der Waals surface area (Å²) >= 11 is 1.34. The van der Waals surface area contributed by atoms with Crippen LogP contribution in [0.3, 0.4) is 0 Å². The van der Waals surface area contributed by atoms with Crippen molar-refractivity contribution in [3.63, 3.8) is 0 Å². The number of nitrogens with zero attached hydrogens (tertiary/aromatic N) is 4. The molecule has 0 aliphatic carbocycles. The van der Waals surface area contributed by atoms with Crippen LogP contribution in [0.5, 0.6) is 0 Å². The molecule has 1 unspecified atom stereocenters. The van der Waals surface area contributed by atoms with E-state index in [0.29, 0.717) is 17.2 Å². The number of hydrogen-bond donors (Lipinski definition) is 1. The van der Waals surface area contributed by atoms with Gasteiger partial charge in [-0.05, 0) is 65.1 Å². The van der Waals surface area contributed by atoms with Crippen molar-refractivity contribution in [2.75, 3.05) is 11.9 Å². The van der Waals surface area contributed by atoms with Gasteiger partial charge in [0, 0.05) is 24.8 Å². The Hall–Kier alpha value is -3.91. The van der Waals surface area contributed by atoms with E-state index in [0.717, 1.165) is 33.0 Å². The van der Waals surface area contributed by atoms with Crippen molar-refractivity contribution in [3.8, 4) is 0 Å². The third-order valence-corrected chi connectivity index (χ3v) is 6.80. The van der Waals surface area contributed by atoms with Gasteiger partial charge in [-0.2, -0.15) is 0 Å². The lowest BCUT2D eigenvalue weighted by atomic mass is 10.0. The van der Waals surface area contributed by atoms with Gasteiger partial charge in [0.05, 0.1) is 23.9 Å². The highest BCUT2D eigenvalue weighted by Crippen LogP contribution is 2.33. The molecule has 2 aliphatic rings. The lowest BCUT2D eigenvalue weighted by Crippen LogP contribution is -2.26. The molecule has 2 aliphatic heterocycles. The van der Waals surface area contributed by atoms with Crippen molar-refractivity contribution in [1.82, 2.24) is 14.9 Å². The summed E-state index contributed by atoms with van der Waals surface area (Å²) in [5.41, 5.74) is 4.16. The van der Waals surface area contributed by atoms with Crippen molar-refractivity contribution in [2.45, 2.75) is 19.4 Å². The summed E-state index contributed by atoms with van der Waals surface area (Å²) in [6, 6.07) is 8.87. The van der Waals surface area contributed by atoms with Crippen molar-refractivity contribution in [3.05, 3.63) is 101 Å². The Bertz CT molecular complexity index is 1360. The first-order valence-electron chi connectivity index (χ1n) is 10.8. The molecule has 34 heavy (non-hydrogen) atoms. The predicted octanol–water partition coefficient (Wildman–Crippen LogP) is 5.26. The summed E-state index contributed by atoms with van der Waals surface area (Å²) in [7, 11) is 0. The van der Waals surface area contributed by atoms with Crippen LogP contribution < -0.4 is 5.32 Å². The van der Waals surface area contributed by atoms with Crippen LogP contribution in [0.25, 0.3) is 11.1 Å². The van der Waals surface area contributed by atoms with E-state index in [-0.39, 0.29) is 18.4 Å². The average molecular weight is 472 g/mol. The fourth-order valence-corrected chi connectivity index (χ4v) is 4.69. The molecule has 1 amide bonds. The number of carbonyl (C=O) groups excluding carboxylic acids is 1. The van der Waals surface area contributed by atoms with Gasteiger partial charge in [-0.3, -0.25) is 14.8 Å². The number of amides is 1. The number of hydrogen-bond acceptors (Lipinski definition) is 6. The van der Waals surface area contributed by atoms with Crippen LogP contribution >= 0.6 is 11.3 Å². The number of aliphatic imine (C=N–C) groups is 1. The van der Waals surface area contributed by atoms with Gasteiger partial charge >= 0.3 is 0 Å². The second-order valence-electron chi connectivity index (χ2n) is 8.16. The lowest BCUT2D eigenvalue weighted by molar-refractivity contribution is -0.115. The first-order valence-corrected chi connectivity index (χ1v) is 11.6. The van der Waals surface area contributed by atoms with Gasteiger partial charge in [0.15, 0.2) is 5.13 Å². The van der Waals surface area contributed by atoms with Crippen LogP contribution in [0.1, 0.15) is 34.5 Å². The summed E-state index contributed by atoms with van der Waals surface area (Å²) < 4.78 is 14.9. The number of anilines is 1. The molecule has 0 fully saturated rings. The van der Waals surface area contributed by atoms with E-state index in [1.807, 2.05) is 48.4 Å². The van der Waals surface area contributed by atoms with E-state index in [2.05, 4.69) is 26.9 Å². The number of allylic oxidation sites excluding steroid dienone is 3. The molecule has 0 saturated carbocycles. The Morgan fingerprint density at radius 1 is 1.29 bits per heavy atom. The molecule has 0 saturated heterocycles. The van der Waals surface area contributed by atoms with E-state index in [1.54, 1.807) is 24.7 Å². The number of aromatic nitrogens is 2. The molecule has 1 aromatic carbocycles. The summed E-state index contributed by atoms with van der Waals surface area (Å²) in [6.07, 6.45) is 11.2. The molecule has 170 valence electrons. The highest BCUT2D eigenvalue weighted by atomic mass is 32.1. The Kier molecular flexibility index (Phi) is 5.90. The van der Waals surface area contributed by atoms with Gasteiger partial charge in [0.2, 0.25) is 5.91 Å². The summed E-state index contributed by atoms with van der Waals surface area (Å²) in [5.74, 6) is 0.131.